The summed E-state index contributed by atoms with van der Waals surface area (Å²) in [5.41, 5.74) is 2.30. The first-order valence-corrected chi connectivity index (χ1v) is 13.2. The second-order valence-electron chi connectivity index (χ2n) is 8.93. The van der Waals surface area contributed by atoms with Crippen LogP contribution in [0.25, 0.3) is 0 Å². The maximum Gasteiger partial charge on any atom is 0.309 e. The molecule has 0 bridgehead atoms. The van der Waals surface area contributed by atoms with Crippen molar-refractivity contribution in [3.63, 3.8) is 0 Å². The average molecular weight is 507 g/mol. The molecule has 4 rings (SSSR count). The van der Waals surface area contributed by atoms with Gasteiger partial charge in [-0.05, 0) is 54.6 Å². The van der Waals surface area contributed by atoms with Crippen molar-refractivity contribution in [2.45, 2.75) is 25.4 Å². The van der Waals surface area contributed by atoms with Crippen molar-refractivity contribution in [3.8, 4) is 5.75 Å². The minimum atomic E-state index is -0.603. The van der Waals surface area contributed by atoms with Crippen LogP contribution in [0, 0.1) is 0 Å². The Bertz CT molecular complexity index is 1100. The molecule has 1 aromatic heterocycles. The Morgan fingerprint density at radius 1 is 0.944 bits per heavy atom. The first kappa shape index (κ1) is 25.7. The number of benzene rings is 2. The number of para-hydroxylation sites is 1. The lowest BCUT2D eigenvalue weighted by molar-refractivity contribution is -0.139. The number of amides is 2. The number of methoxy groups -OCH3 is 1. The number of nitrogens with one attached hydrogen (secondary N) is 2. The second kappa shape index (κ2) is 12.6. The highest BCUT2D eigenvalue weighted by atomic mass is 32.1. The summed E-state index contributed by atoms with van der Waals surface area (Å²) >= 11 is 1.68. The number of piperazine rings is 1. The Hall–Kier alpha value is -3.36. The number of carbonyl (C=O) groups excluding carboxylic acids is 2. The van der Waals surface area contributed by atoms with Crippen LogP contribution in [-0.2, 0) is 16.0 Å². The smallest absolute Gasteiger partial charge is 0.309 e. The molecule has 1 fully saturated rings. The van der Waals surface area contributed by atoms with Gasteiger partial charge in [-0.2, -0.15) is 0 Å². The molecule has 2 heterocycles. The molecule has 2 aromatic carbocycles. The molecule has 0 spiro atoms. The monoisotopic (exact) mass is 506 g/mol. The van der Waals surface area contributed by atoms with Crippen LogP contribution in [-0.4, -0.2) is 62.6 Å². The van der Waals surface area contributed by atoms with Gasteiger partial charge in [-0.1, -0.05) is 36.4 Å². The van der Waals surface area contributed by atoms with Crippen LogP contribution in [0.4, 0.5) is 5.69 Å². The number of hydrogen-bond acceptors (Lipinski definition) is 6. The quantitative estimate of drug-likeness (QED) is 0.435. The highest BCUT2D eigenvalue weighted by Gasteiger charge is 2.31. The normalized spacial score (nSPS) is 15.7. The molecule has 2 atom stereocenters. The molecule has 0 aliphatic carbocycles. The molecule has 1 aliphatic rings. The molecule has 3 aromatic rings. The van der Waals surface area contributed by atoms with Gasteiger partial charge in [0.05, 0.1) is 13.2 Å². The Labute approximate surface area is 217 Å². The summed E-state index contributed by atoms with van der Waals surface area (Å²) in [7, 11) is 1.63. The molecular formula is C28H34N4O3S. The van der Waals surface area contributed by atoms with Crippen LogP contribution in [0.2, 0.25) is 0 Å². The lowest BCUT2D eigenvalue weighted by Gasteiger charge is -2.42. The third kappa shape index (κ3) is 6.65. The van der Waals surface area contributed by atoms with Gasteiger partial charge in [-0.15, -0.1) is 11.3 Å². The van der Waals surface area contributed by atoms with Crippen molar-refractivity contribution < 1.29 is 14.3 Å². The zero-order valence-electron chi connectivity index (χ0n) is 20.9. The van der Waals surface area contributed by atoms with E-state index in [2.05, 4.69) is 56.1 Å². The Morgan fingerprint density at radius 3 is 2.31 bits per heavy atom. The van der Waals surface area contributed by atoms with E-state index >= 15 is 0 Å². The summed E-state index contributed by atoms with van der Waals surface area (Å²) in [6, 6.07) is 22.1. The fraction of sp³-hybridized carbons (Fsp3) is 0.357. The van der Waals surface area contributed by atoms with E-state index < -0.39 is 11.8 Å². The maximum atomic E-state index is 12.7. The summed E-state index contributed by atoms with van der Waals surface area (Å²) in [5.74, 6) is -0.408. The highest BCUT2D eigenvalue weighted by molar-refractivity contribution is 7.10. The fourth-order valence-corrected chi connectivity index (χ4v) is 5.61. The van der Waals surface area contributed by atoms with Gasteiger partial charge in [0.1, 0.15) is 5.75 Å². The van der Waals surface area contributed by atoms with Crippen molar-refractivity contribution in [2.24, 2.45) is 0 Å². The van der Waals surface area contributed by atoms with Crippen LogP contribution >= 0.6 is 11.3 Å². The summed E-state index contributed by atoms with van der Waals surface area (Å²) in [6.45, 7) is 5.97. The molecule has 8 heteroatoms. The van der Waals surface area contributed by atoms with Crippen molar-refractivity contribution in [2.75, 3.05) is 44.7 Å². The molecule has 190 valence electrons. The van der Waals surface area contributed by atoms with E-state index in [1.165, 1.54) is 10.6 Å². The minimum absolute atomic E-state index is 0.0129. The Morgan fingerprint density at radius 2 is 1.67 bits per heavy atom. The number of hydrogen-bond donors (Lipinski definition) is 2. The largest absolute Gasteiger partial charge is 0.497 e. The van der Waals surface area contributed by atoms with Gasteiger partial charge in [0.2, 0.25) is 0 Å². The zero-order chi connectivity index (χ0) is 25.3. The highest BCUT2D eigenvalue weighted by Crippen LogP contribution is 2.30. The van der Waals surface area contributed by atoms with Crippen molar-refractivity contribution in [1.82, 2.24) is 15.5 Å². The van der Waals surface area contributed by atoms with Gasteiger partial charge in [-0.25, -0.2) is 0 Å². The van der Waals surface area contributed by atoms with Crippen molar-refractivity contribution in [3.05, 3.63) is 82.6 Å². The number of nitrogens with zero attached hydrogens (tertiary/aromatic N) is 2. The molecule has 7 nitrogen and oxygen atoms in total. The van der Waals surface area contributed by atoms with E-state index in [4.69, 9.17) is 4.74 Å². The summed E-state index contributed by atoms with van der Waals surface area (Å²) < 4.78 is 5.17. The third-order valence-corrected chi connectivity index (χ3v) is 7.50. The molecule has 0 radical (unpaired) electrons. The lowest BCUT2D eigenvalue weighted by atomic mass is 10.0. The number of anilines is 1. The molecular weight excluding hydrogens is 472 g/mol. The molecule has 2 amide bonds. The van der Waals surface area contributed by atoms with Crippen LogP contribution in [0.1, 0.15) is 23.4 Å². The van der Waals surface area contributed by atoms with Crippen LogP contribution in [0.3, 0.4) is 0 Å². The number of rotatable bonds is 9. The molecule has 1 saturated heterocycles. The third-order valence-electron chi connectivity index (χ3n) is 6.56. The van der Waals surface area contributed by atoms with E-state index in [1.807, 2.05) is 43.3 Å². The molecule has 0 saturated carbocycles. The minimum Gasteiger partial charge on any atom is -0.497 e. The van der Waals surface area contributed by atoms with Gasteiger partial charge >= 0.3 is 11.8 Å². The second-order valence-corrected chi connectivity index (χ2v) is 9.91. The first-order valence-electron chi connectivity index (χ1n) is 12.3. The van der Waals surface area contributed by atoms with Crippen molar-refractivity contribution in [1.29, 1.82) is 0 Å². The van der Waals surface area contributed by atoms with E-state index in [1.54, 1.807) is 18.4 Å². The Balaban J connectivity index is 1.31. The predicted octanol–water partition coefficient (Wildman–Crippen LogP) is 3.48. The standard InChI is InChI=1S/C28H34N4O3S/c1-21(30-28(34)27(33)29-15-14-22-10-12-24(35-2)13-11-22)26(25-9-6-20-36-25)32-18-16-31(17-19-32)23-7-4-3-5-8-23/h3-13,20-21,26H,14-19H2,1-2H3,(H,29,33)(H,30,34). The Kier molecular flexibility index (Phi) is 8.97. The summed E-state index contributed by atoms with van der Waals surface area (Å²) in [6.07, 6.45) is 0.641. The first-order chi connectivity index (χ1) is 17.5. The predicted molar refractivity (Wildman–Crippen MR) is 145 cm³/mol. The van der Waals surface area contributed by atoms with Gasteiger partial charge in [0, 0.05) is 49.3 Å². The number of carbonyl (C=O) groups is 2. The molecule has 2 unspecified atom stereocenters. The fourth-order valence-electron chi connectivity index (χ4n) is 4.64. The van der Waals surface area contributed by atoms with Crippen LogP contribution in [0.5, 0.6) is 5.75 Å². The molecule has 2 N–H and O–H groups in total. The molecule has 36 heavy (non-hydrogen) atoms. The SMILES string of the molecule is COc1ccc(CCNC(=O)C(=O)NC(C)C(c2cccs2)N2CCN(c3ccccc3)CC2)cc1. The van der Waals surface area contributed by atoms with E-state index in [0.29, 0.717) is 13.0 Å². The van der Waals surface area contributed by atoms with E-state index in [9.17, 15) is 9.59 Å². The summed E-state index contributed by atoms with van der Waals surface area (Å²) in [4.78, 5) is 31.2. The van der Waals surface area contributed by atoms with Gasteiger partial charge < -0.3 is 20.3 Å². The number of thiophene rings is 1. The van der Waals surface area contributed by atoms with E-state index in [-0.39, 0.29) is 12.1 Å². The van der Waals surface area contributed by atoms with Crippen LogP contribution in [0.15, 0.2) is 72.1 Å². The van der Waals surface area contributed by atoms with Gasteiger partial charge in [0.25, 0.3) is 0 Å². The maximum absolute atomic E-state index is 12.7. The van der Waals surface area contributed by atoms with Crippen LogP contribution < -0.4 is 20.3 Å². The van der Waals surface area contributed by atoms with Crippen molar-refractivity contribution >= 4 is 28.8 Å². The van der Waals surface area contributed by atoms with E-state index in [0.717, 1.165) is 37.5 Å². The molecule has 1 aliphatic heterocycles. The lowest BCUT2D eigenvalue weighted by Crippen LogP contribution is -2.53. The average Bonchev–Trinajstić information content (AvgIpc) is 3.44. The van der Waals surface area contributed by atoms with Gasteiger partial charge in [0.15, 0.2) is 0 Å². The topological polar surface area (TPSA) is 73.9 Å². The number of ether oxygens (including phenoxy) is 1. The van der Waals surface area contributed by atoms with Gasteiger partial charge in [-0.3, -0.25) is 14.5 Å². The summed E-state index contributed by atoms with van der Waals surface area (Å²) in [5, 5.41) is 7.76. The zero-order valence-corrected chi connectivity index (χ0v) is 21.7.